The van der Waals surface area contributed by atoms with Gasteiger partial charge in [0.15, 0.2) is 17.3 Å². The second-order valence-corrected chi connectivity index (χ2v) is 7.90. The van der Waals surface area contributed by atoms with E-state index < -0.39 is 0 Å². The number of hydrogen-bond acceptors (Lipinski definition) is 5. The van der Waals surface area contributed by atoms with Gasteiger partial charge in [0.25, 0.3) is 0 Å². The number of benzene rings is 1. The van der Waals surface area contributed by atoms with Gasteiger partial charge in [-0.1, -0.05) is 6.07 Å². The smallest absolute Gasteiger partial charge is 0.220 e. The van der Waals surface area contributed by atoms with Gasteiger partial charge in [0.2, 0.25) is 5.91 Å². The Morgan fingerprint density at radius 3 is 2.54 bits per heavy atom. The average Bonchev–Trinajstić information content (AvgIpc) is 2.97. The Balaban J connectivity index is 1.54. The van der Waals surface area contributed by atoms with E-state index in [1.807, 2.05) is 45.0 Å². The summed E-state index contributed by atoms with van der Waals surface area (Å²) in [6.07, 6.45) is 0.402. The van der Waals surface area contributed by atoms with E-state index in [9.17, 15) is 9.59 Å². The minimum Gasteiger partial charge on any atom is -0.486 e. The first-order chi connectivity index (χ1) is 12.4. The summed E-state index contributed by atoms with van der Waals surface area (Å²) in [6.45, 7) is 6.92. The Labute approximate surface area is 157 Å². The molecule has 5 nitrogen and oxygen atoms in total. The van der Waals surface area contributed by atoms with Crippen LogP contribution in [0.15, 0.2) is 24.3 Å². The van der Waals surface area contributed by atoms with Crippen LogP contribution in [0, 0.1) is 13.8 Å². The third kappa shape index (κ3) is 4.25. The van der Waals surface area contributed by atoms with Crippen LogP contribution in [-0.2, 0) is 4.79 Å². The third-order valence-corrected chi connectivity index (χ3v) is 5.33. The van der Waals surface area contributed by atoms with Crippen molar-refractivity contribution in [3.05, 3.63) is 45.1 Å². The molecule has 1 amide bonds. The predicted octanol–water partition coefficient (Wildman–Crippen LogP) is 3.98. The minimum atomic E-state index is -0.168. The lowest BCUT2D eigenvalue weighted by atomic mass is 10.1. The standard InChI is InChI=1S/C20H23NO4S/c1-12-10-16(14(3)26-12)17(22)5-7-20(23)21-13(2)15-4-6-18-19(11-15)25-9-8-24-18/h4,6,10-11,13H,5,7-9H2,1-3H3,(H,21,23). The van der Waals surface area contributed by atoms with E-state index in [0.717, 1.165) is 26.6 Å². The van der Waals surface area contributed by atoms with Crippen LogP contribution in [-0.4, -0.2) is 24.9 Å². The molecule has 0 saturated carbocycles. The molecular formula is C20H23NO4S. The van der Waals surface area contributed by atoms with Gasteiger partial charge in [-0.15, -0.1) is 11.3 Å². The molecule has 0 bridgehead atoms. The van der Waals surface area contributed by atoms with Crippen molar-refractivity contribution in [3.63, 3.8) is 0 Å². The average molecular weight is 373 g/mol. The Morgan fingerprint density at radius 1 is 1.12 bits per heavy atom. The van der Waals surface area contributed by atoms with Gasteiger partial charge in [-0.05, 0) is 44.5 Å². The van der Waals surface area contributed by atoms with Crippen LogP contribution in [0.25, 0.3) is 0 Å². The molecule has 2 aromatic rings. The summed E-state index contributed by atoms with van der Waals surface area (Å²) in [4.78, 5) is 26.6. The molecule has 0 fully saturated rings. The van der Waals surface area contributed by atoms with E-state index in [0.29, 0.717) is 19.0 Å². The maximum Gasteiger partial charge on any atom is 0.220 e. The first-order valence-corrected chi connectivity index (χ1v) is 9.55. The molecule has 1 aromatic carbocycles. The molecule has 0 aliphatic carbocycles. The number of rotatable bonds is 6. The van der Waals surface area contributed by atoms with Crippen LogP contribution in [0.1, 0.15) is 51.5 Å². The van der Waals surface area contributed by atoms with Crippen molar-refractivity contribution in [3.8, 4) is 11.5 Å². The highest BCUT2D eigenvalue weighted by Gasteiger charge is 2.17. The topological polar surface area (TPSA) is 64.6 Å². The lowest BCUT2D eigenvalue weighted by Crippen LogP contribution is -2.27. The molecule has 138 valence electrons. The van der Waals surface area contributed by atoms with Crippen molar-refractivity contribution < 1.29 is 19.1 Å². The summed E-state index contributed by atoms with van der Waals surface area (Å²) < 4.78 is 11.1. The number of carbonyl (C=O) groups is 2. The fraction of sp³-hybridized carbons (Fsp3) is 0.400. The van der Waals surface area contributed by atoms with Crippen molar-refractivity contribution in [1.82, 2.24) is 5.32 Å². The third-order valence-electron chi connectivity index (χ3n) is 4.36. The van der Waals surface area contributed by atoms with Crippen LogP contribution < -0.4 is 14.8 Å². The quantitative estimate of drug-likeness (QED) is 0.778. The molecule has 2 heterocycles. The molecule has 3 rings (SSSR count). The molecule has 1 aliphatic rings. The molecule has 1 aromatic heterocycles. The number of carbonyl (C=O) groups excluding carboxylic acids is 2. The van der Waals surface area contributed by atoms with E-state index in [1.54, 1.807) is 11.3 Å². The summed E-state index contributed by atoms with van der Waals surface area (Å²) in [5.41, 5.74) is 1.68. The number of ether oxygens (including phenoxy) is 2. The minimum absolute atomic E-state index is 0.0222. The summed E-state index contributed by atoms with van der Waals surface area (Å²) in [7, 11) is 0. The molecule has 0 spiro atoms. The van der Waals surface area contributed by atoms with Crippen molar-refractivity contribution >= 4 is 23.0 Å². The highest BCUT2D eigenvalue weighted by Crippen LogP contribution is 2.32. The largest absolute Gasteiger partial charge is 0.486 e. The second kappa shape index (κ2) is 7.91. The van der Waals surface area contributed by atoms with Crippen LogP contribution in [0.5, 0.6) is 11.5 Å². The highest BCUT2D eigenvalue weighted by molar-refractivity contribution is 7.12. The number of ketones is 1. The van der Waals surface area contributed by atoms with Gasteiger partial charge in [-0.25, -0.2) is 0 Å². The Hall–Kier alpha value is -2.34. The first-order valence-electron chi connectivity index (χ1n) is 8.73. The van der Waals surface area contributed by atoms with Crippen molar-refractivity contribution in [2.24, 2.45) is 0 Å². The van der Waals surface area contributed by atoms with Crippen LogP contribution in [0.4, 0.5) is 0 Å². The maximum absolute atomic E-state index is 12.3. The van der Waals surface area contributed by atoms with Crippen molar-refractivity contribution in [1.29, 1.82) is 0 Å². The van der Waals surface area contributed by atoms with Crippen LogP contribution in [0.2, 0.25) is 0 Å². The van der Waals surface area contributed by atoms with Gasteiger partial charge in [0.1, 0.15) is 13.2 Å². The molecule has 1 aliphatic heterocycles. The van der Waals surface area contributed by atoms with Crippen LogP contribution >= 0.6 is 11.3 Å². The van der Waals surface area contributed by atoms with Gasteiger partial charge >= 0.3 is 0 Å². The zero-order valence-corrected chi connectivity index (χ0v) is 16.1. The zero-order valence-electron chi connectivity index (χ0n) is 15.3. The van der Waals surface area contributed by atoms with E-state index in [4.69, 9.17) is 9.47 Å². The van der Waals surface area contributed by atoms with Gasteiger partial charge in [0.05, 0.1) is 6.04 Å². The maximum atomic E-state index is 12.3. The SMILES string of the molecule is Cc1cc(C(=O)CCC(=O)NC(C)c2ccc3c(c2)OCCO3)c(C)s1. The zero-order chi connectivity index (χ0) is 18.7. The van der Waals surface area contributed by atoms with Crippen molar-refractivity contribution in [2.75, 3.05) is 13.2 Å². The predicted molar refractivity (Wildman–Crippen MR) is 101 cm³/mol. The Morgan fingerprint density at radius 2 is 1.85 bits per heavy atom. The molecular weight excluding hydrogens is 350 g/mol. The Kier molecular flexibility index (Phi) is 5.61. The lowest BCUT2D eigenvalue weighted by molar-refractivity contribution is -0.121. The summed E-state index contributed by atoms with van der Waals surface area (Å²) in [6, 6.07) is 7.40. The first kappa shape index (κ1) is 18.5. The van der Waals surface area contributed by atoms with Gasteiger partial charge in [-0.3, -0.25) is 9.59 Å². The Bertz CT molecular complexity index is 827. The highest BCUT2D eigenvalue weighted by atomic mass is 32.1. The molecule has 1 N–H and O–H groups in total. The number of Topliss-reactive ketones (excluding diaryl/α,β-unsaturated/α-hetero) is 1. The summed E-state index contributed by atoms with van der Waals surface area (Å²) >= 11 is 1.61. The van der Waals surface area contributed by atoms with E-state index in [-0.39, 0.29) is 30.6 Å². The number of thiophene rings is 1. The fourth-order valence-corrected chi connectivity index (χ4v) is 3.94. The lowest BCUT2D eigenvalue weighted by Gasteiger charge is -2.21. The molecule has 0 radical (unpaired) electrons. The molecule has 1 atom stereocenters. The molecule has 1 unspecified atom stereocenters. The van der Waals surface area contributed by atoms with Crippen molar-refractivity contribution in [2.45, 2.75) is 39.7 Å². The van der Waals surface area contributed by atoms with E-state index in [1.165, 1.54) is 0 Å². The molecule has 6 heteroatoms. The van der Waals surface area contributed by atoms with Gasteiger partial charge < -0.3 is 14.8 Å². The van der Waals surface area contributed by atoms with Gasteiger partial charge in [-0.2, -0.15) is 0 Å². The second-order valence-electron chi connectivity index (χ2n) is 6.44. The number of amides is 1. The number of aryl methyl sites for hydroxylation is 2. The normalized spacial score (nSPS) is 14.0. The molecule has 0 saturated heterocycles. The number of hydrogen-bond donors (Lipinski definition) is 1. The van der Waals surface area contributed by atoms with E-state index >= 15 is 0 Å². The van der Waals surface area contributed by atoms with Gasteiger partial charge in [0, 0.05) is 28.2 Å². The monoisotopic (exact) mass is 373 g/mol. The van der Waals surface area contributed by atoms with Crippen LogP contribution in [0.3, 0.4) is 0 Å². The number of nitrogens with one attached hydrogen (secondary N) is 1. The summed E-state index contributed by atoms with van der Waals surface area (Å²) in [5.74, 6) is 1.32. The summed E-state index contributed by atoms with van der Waals surface area (Å²) in [5, 5.41) is 2.94. The van der Waals surface area contributed by atoms with E-state index in [2.05, 4.69) is 5.32 Å². The molecule has 26 heavy (non-hydrogen) atoms. The number of fused-ring (bicyclic) bond motifs is 1. The fourth-order valence-electron chi connectivity index (χ4n) is 3.00.